The molecule has 0 unspecified atom stereocenters. The number of hydrogen-bond donors (Lipinski definition) is 2. The molecule has 0 aliphatic carbocycles. The molecule has 0 saturated heterocycles. The Labute approximate surface area is 125 Å². The zero-order chi connectivity index (χ0) is 4.50. The van der Waals surface area contributed by atoms with Crippen LogP contribution in [0.5, 0.6) is 0 Å². The summed E-state index contributed by atoms with van der Waals surface area (Å²) in [6.07, 6.45) is 0. The van der Waals surface area contributed by atoms with Gasteiger partial charge in [0, 0.05) is 0 Å². The molecule has 8 heteroatoms. The van der Waals surface area contributed by atoms with Crippen LogP contribution in [0.25, 0.3) is 0 Å². The summed E-state index contributed by atoms with van der Waals surface area (Å²) in [6.45, 7) is 0. The molecular weight excluding hydrogens is 251 g/mol. The zero-order valence-corrected chi connectivity index (χ0v) is 2.94. The molecule has 0 radical (unpaired) electrons. The maximum atomic E-state index is 8.74. The third-order valence-corrected chi connectivity index (χ3v) is 0. The van der Waals surface area contributed by atoms with Gasteiger partial charge in [-0.15, -0.1) is 0 Å². The number of hydrogen-bond acceptors (Lipinski definition) is 2. The van der Waals surface area contributed by atoms with Crippen LogP contribution in [0.4, 0.5) is 0 Å². The van der Waals surface area contributed by atoms with Gasteiger partial charge in [-0.1, -0.05) is 0 Å². The molecule has 0 aliphatic rings. The summed E-state index contributed by atoms with van der Waals surface area (Å²) >= 11 is 0. The van der Waals surface area contributed by atoms with Gasteiger partial charge in [0.15, 0.2) is 17.4 Å². The molecule has 0 atom stereocenters. The molecular formula is H9AlCaO4SSr. The van der Waals surface area contributed by atoms with E-state index in [9.17, 15) is 0 Å². The van der Waals surface area contributed by atoms with Crippen molar-refractivity contribution in [2.24, 2.45) is 0 Å². The van der Waals surface area contributed by atoms with E-state index >= 15 is 0 Å². The van der Waals surface area contributed by atoms with Crippen LogP contribution in [0.2, 0.25) is 0 Å². The van der Waals surface area contributed by atoms with Crippen LogP contribution in [0.3, 0.4) is 0 Å². The van der Waals surface area contributed by atoms with E-state index in [0.29, 0.717) is 0 Å². The van der Waals surface area contributed by atoms with E-state index < -0.39 is 10.4 Å². The minimum atomic E-state index is -4.67. The predicted molar refractivity (Wildman–Crippen MR) is 41.2 cm³/mol. The second kappa shape index (κ2) is 10.1. The Morgan fingerprint density at radius 1 is 1.12 bits per heavy atom. The fraction of sp³-hybridized carbons (Fsp3) is 0. The molecule has 0 aromatic carbocycles. The topological polar surface area (TPSA) is 74.6 Å². The molecule has 0 rings (SSSR count). The Bertz CT molecular complexity index is 99.2. The van der Waals surface area contributed by atoms with Gasteiger partial charge in [-0.25, -0.2) is 0 Å². The molecule has 0 aliphatic heterocycles. The molecule has 0 bridgehead atoms. The van der Waals surface area contributed by atoms with E-state index in [1.165, 1.54) is 0 Å². The van der Waals surface area contributed by atoms with Crippen LogP contribution < -0.4 is 0 Å². The van der Waals surface area contributed by atoms with E-state index in [4.69, 9.17) is 17.5 Å². The molecule has 0 aromatic rings. The second-order valence-electron chi connectivity index (χ2n) is 0.448. The first kappa shape index (κ1) is 22.5. The quantitative estimate of drug-likeness (QED) is 0.347. The van der Waals surface area contributed by atoms with E-state index in [-0.39, 0.29) is 101 Å². The molecule has 0 heterocycles. The number of rotatable bonds is 0. The summed E-state index contributed by atoms with van der Waals surface area (Å²) in [5.41, 5.74) is 0. The molecule has 8 heavy (non-hydrogen) atoms. The molecule has 0 saturated carbocycles. The molecule has 0 amide bonds. The van der Waals surface area contributed by atoms with Crippen molar-refractivity contribution in [1.29, 1.82) is 0 Å². The van der Waals surface area contributed by atoms with Crippen molar-refractivity contribution in [3.05, 3.63) is 0 Å². The fourth-order valence-electron chi connectivity index (χ4n) is 0. The molecule has 4 nitrogen and oxygen atoms in total. The van der Waals surface area contributed by atoms with Crippen molar-refractivity contribution >= 4 is 111 Å². The molecule has 0 fully saturated rings. The van der Waals surface area contributed by atoms with Crippen molar-refractivity contribution in [1.82, 2.24) is 0 Å². The van der Waals surface area contributed by atoms with Crippen LogP contribution in [-0.4, -0.2) is 118 Å². The van der Waals surface area contributed by atoms with Gasteiger partial charge in [0.25, 0.3) is 0 Å². The summed E-state index contributed by atoms with van der Waals surface area (Å²) in [5.74, 6) is 0. The Kier molecular flexibility index (Phi) is 28.5. The Morgan fingerprint density at radius 3 is 1.12 bits per heavy atom. The first-order valence-corrected chi connectivity index (χ1v) is 2.10. The van der Waals surface area contributed by atoms with E-state index in [0.717, 1.165) is 0 Å². The monoisotopic (exact) mass is 260 g/mol. The van der Waals surface area contributed by atoms with Crippen LogP contribution in [0.1, 0.15) is 0 Å². The van der Waals surface area contributed by atoms with Crippen molar-refractivity contribution in [3.63, 3.8) is 0 Å². The summed E-state index contributed by atoms with van der Waals surface area (Å²) in [4.78, 5) is 0. The Balaban J connectivity index is -0.0000000267. The molecule has 0 spiro atoms. The maximum absolute atomic E-state index is 8.74. The van der Waals surface area contributed by atoms with Crippen molar-refractivity contribution in [2.75, 3.05) is 0 Å². The SMILES string of the molecule is O=S(=O)(O)O.[AlH3].[CaH2].[SrH2]. The second-order valence-corrected chi connectivity index (χ2v) is 1.34. The summed E-state index contributed by atoms with van der Waals surface area (Å²) in [7, 11) is -4.67. The van der Waals surface area contributed by atoms with Crippen LogP contribution >= 0.6 is 0 Å². The molecule has 46 valence electrons. The van der Waals surface area contributed by atoms with Gasteiger partial charge in [-0.3, -0.25) is 9.11 Å². The van der Waals surface area contributed by atoms with Gasteiger partial charge in [0.2, 0.25) is 0 Å². The Morgan fingerprint density at radius 2 is 1.12 bits per heavy atom. The van der Waals surface area contributed by atoms with Crippen LogP contribution in [-0.2, 0) is 10.4 Å². The van der Waals surface area contributed by atoms with Crippen LogP contribution in [0.15, 0.2) is 0 Å². The standard InChI is InChI=1S/Al.Ca.H2O4S.Sr.7H/c;;1-5(2,3)4;;;;;;;;/h;;(H2,1,2,3,4);;;;;;;;. The summed E-state index contributed by atoms with van der Waals surface area (Å²) in [5, 5.41) is 0. The van der Waals surface area contributed by atoms with Gasteiger partial charge in [0.1, 0.15) is 0 Å². The average Bonchev–Trinajstić information content (AvgIpc) is 0.722. The third kappa shape index (κ3) is 61.4. The van der Waals surface area contributed by atoms with Gasteiger partial charge in [-0.2, -0.15) is 8.42 Å². The fourth-order valence-corrected chi connectivity index (χ4v) is 0. The van der Waals surface area contributed by atoms with Gasteiger partial charge in [-0.05, 0) is 0 Å². The van der Waals surface area contributed by atoms with E-state index in [1.54, 1.807) is 0 Å². The average molecular weight is 260 g/mol. The van der Waals surface area contributed by atoms with Crippen molar-refractivity contribution < 1.29 is 17.5 Å². The van der Waals surface area contributed by atoms with E-state index in [1.807, 2.05) is 0 Å². The summed E-state index contributed by atoms with van der Waals surface area (Å²) in [6, 6.07) is 0. The Hall–Kier alpha value is 3.14. The predicted octanol–water partition coefficient (Wildman–Crippen LogP) is -3.67. The zero-order valence-electron chi connectivity index (χ0n) is 2.12. The third-order valence-electron chi connectivity index (χ3n) is 0. The first-order chi connectivity index (χ1) is 2.00. The first-order valence-electron chi connectivity index (χ1n) is 0.698. The molecule has 2 N–H and O–H groups in total. The summed E-state index contributed by atoms with van der Waals surface area (Å²) < 4.78 is 31.6. The van der Waals surface area contributed by atoms with Gasteiger partial charge >= 0.3 is 93.6 Å². The normalized spacial score (nSPS) is 7.25. The van der Waals surface area contributed by atoms with Gasteiger partial charge in [0.05, 0.1) is 0 Å². The van der Waals surface area contributed by atoms with Crippen LogP contribution in [0, 0.1) is 0 Å². The van der Waals surface area contributed by atoms with Gasteiger partial charge < -0.3 is 0 Å². The molecule has 0 aromatic heterocycles. The van der Waals surface area contributed by atoms with Crippen molar-refractivity contribution in [2.45, 2.75) is 0 Å². The van der Waals surface area contributed by atoms with Crippen molar-refractivity contribution in [3.8, 4) is 0 Å². The van der Waals surface area contributed by atoms with E-state index in [2.05, 4.69) is 0 Å². The minimum absolute atomic E-state index is 0.